The van der Waals surface area contributed by atoms with Crippen molar-refractivity contribution < 1.29 is 13.6 Å². The van der Waals surface area contributed by atoms with Gasteiger partial charge in [0, 0.05) is 24.6 Å². The van der Waals surface area contributed by atoms with Gasteiger partial charge in [0.25, 0.3) is 0 Å². The van der Waals surface area contributed by atoms with Crippen LogP contribution in [0.1, 0.15) is 56.9 Å². The number of nitrogens with one attached hydrogen (secondary N) is 1. The molecule has 0 spiro atoms. The number of hydrogen-bond acceptors (Lipinski definition) is 2. The van der Waals surface area contributed by atoms with E-state index in [-0.39, 0.29) is 24.1 Å². The van der Waals surface area contributed by atoms with Crippen LogP contribution < -0.4 is 5.32 Å². The summed E-state index contributed by atoms with van der Waals surface area (Å²) in [6, 6.07) is 3.66. The van der Waals surface area contributed by atoms with E-state index in [1.165, 1.54) is 6.07 Å². The van der Waals surface area contributed by atoms with Gasteiger partial charge in [0.15, 0.2) is 0 Å². The number of carbonyl (C=O) groups is 1. The van der Waals surface area contributed by atoms with Crippen LogP contribution in [0, 0.1) is 17.6 Å². The number of nitrogens with zero attached hydrogens (tertiary/aromatic N) is 1. The molecule has 1 amide bonds. The molecule has 2 fully saturated rings. The Morgan fingerprint density at radius 3 is 2.56 bits per heavy atom. The molecule has 1 N–H and O–H groups in total. The Labute approximate surface area is 148 Å². The molecule has 1 heterocycles. The Balaban J connectivity index is 1.65. The standard InChI is InChI=1S/C20H28F2N2O/c21-17-6-7-19(22)16(13-17)14-24(18-3-1-2-4-18)20(25)8-5-15-9-11-23-12-10-15/h6-7,13,15,18,23H,1-5,8-12,14H2. The van der Waals surface area contributed by atoms with Crippen LogP contribution in [0.2, 0.25) is 0 Å². The number of amides is 1. The van der Waals surface area contributed by atoms with Crippen molar-refractivity contribution in [2.45, 2.75) is 64.0 Å². The second kappa shape index (κ2) is 8.75. The van der Waals surface area contributed by atoms with Crippen molar-refractivity contribution in [3.05, 3.63) is 35.4 Å². The molecule has 0 atom stereocenters. The van der Waals surface area contributed by atoms with E-state index < -0.39 is 11.6 Å². The number of hydrogen-bond donors (Lipinski definition) is 1. The molecule has 1 saturated carbocycles. The van der Waals surface area contributed by atoms with Crippen molar-refractivity contribution >= 4 is 5.91 Å². The van der Waals surface area contributed by atoms with Crippen LogP contribution in [-0.2, 0) is 11.3 Å². The Hall–Kier alpha value is -1.49. The van der Waals surface area contributed by atoms with Gasteiger partial charge in [0.2, 0.25) is 5.91 Å². The molecular weight excluding hydrogens is 322 g/mol. The predicted molar refractivity (Wildman–Crippen MR) is 94.0 cm³/mol. The highest BCUT2D eigenvalue weighted by Crippen LogP contribution is 2.27. The first-order valence-electron chi connectivity index (χ1n) is 9.57. The van der Waals surface area contributed by atoms with Crippen molar-refractivity contribution in [1.82, 2.24) is 10.2 Å². The molecule has 138 valence electrons. The van der Waals surface area contributed by atoms with Gasteiger partial charge in [-0.15, -0.1) is 0 Å². The number of carbonyl (C=O) groups excluding carboxylic acids is 1. The summed E-state index contributed by atoms with van der Waals surface area (Å²) in [5.41, 5.74) is 0.280. The van der Waals surface area contributed by atoms with E-state index in [1.807, 2.05) is 4.90 Å². The molecule has 2 aliphatic rings. The van der Waals surface area contributed by atoms with E-state index in [4.69, 9.17) is 0 Å². The minimum absolute atomic E-state index is 0.0918. The summed E-state index contributed by atoms with van der Waals surface area (Å²) in [5, 5.41) is 3.34. The molecule has 0 radical (unpaired) electrons. The number of rotatable bonds is 6. The Morgan fingerprint density at radius 2 is 1.84 bits per heavy atom. The van der Waals surface area contributed by atoms with Crippen LogP contribution >= 0.6 is 0 Å². The summed E-state index contributed by atoms with van der Waals surface area (Å²) < 4.78 is 27.5. The molecule has 1 saturated heterocycles. The van der Waals surface area contributed by atoms with Crippen LogP contribution in [0.25, 0.3) is 0 Å². The highest BCUT2D eigenvalue weighted by Gasteiger charge is 2.28. The smallest absolute Gasteiger partial charge is 0.223 e. The fourth-order valence-corrected chi connectivity index (χ4v) is 4.13. The van der Waals surface area contributed by atoms with Gasteiger partial charge in [-0.1, -0.05) is 12.8 Å². The summed E-state index contributed by atoms with van der Waals surface area (Å²) >= 11 is 0. The highest BCUT2D eigenvalue weighted by atomic mass is 19.1. The average molecular weight is 350 g/mol. The van der Waals surface area contributed by atoms with E-state index in [0.29, 0.717) is 12.3 Å². The van der Waals surface area contributed by atoms with Gasteiger partial charge in [-0.05, 0) is 69.3 Å². The fourth-order valence-electron chi connectivity index (χ4n) is 4.13. The molecule has 1 aliphatic heterocycles. The zero-order valence-corrected chi connectivity index (χ0v) is 14.8. The van der Waals surface area contributed by atoms with Crippen molar-refractivity contribution in [3.8, 4) is 0 Å². The molecule has 1 aromatic carbocycles. The van der Waals surface area contributed by atoms with E-state index in [2.05, 4.69) is 5.32 Å². The molecule has 25 heavy (non-hydrogen) atoms. The molecular formula is C20H28F2N2O. The van der Waals surface area contributed by atoms with Crippen LogP contribution in [0.4, 0.5) is 8.78 Å². The molecule has 3 nitrogen and oxygen atoms in total. The zero-order chi connectivity index (χ0) is 17.6. The highest BCUT2D eigenvalue weighted by molar-refractivity contribution is 5.76. The minimum Gasteiger partial charge on any atom is -0.335 e. The topological polar surface area (TPSA) is 32.3 Å². The quantitative estimate of drug-likeness (QED) is 0.840. The average Bonchev–Trinajstić information content (AvgIpc) is 3.15. The first-order chi connectivity index (χ1) is 12.1. The maximum Gasteiger partial charge on any atom is 0.223 e. The molecule has 0 unspecified atom stereocenters. The lowest BCUT2D eigenvalue weighted by molar-refractivity contribution is -0.134. The first-order valence-corrected chi connectivity index (χ1v) is 9.57. The van der Waals surface area contributed by atoms with Gasteiger partial charge >= 0.3 is 0 Å². The molecule has 0 bridgehead atoms. The van der Waals surface area contributed by atoms with Crippen molar-refractivity contribution in [3.63, 3.8) is 0 Å². The summed E-state index contributed by atoms with van der Waals surface area (Å²) in [6.45, 7) is 2.23. The monoisotopic (exact) mass is 350 g/mol. The summed E-state index contributed by atoms with van der Waals surface area (Å²) in [6.07, 6.45) is 7.80. The summed E-state index contributed by atoms with van der Waals surface area (Å²) in [4.78, 5) is 14.7. The Kier molecular flexibility index (Phi) is 6.40. The number of piperidine rings is 1. The third-order valence-electron chi connectivity index (χ3n) is 5.66. The van der Waals surface area contributed by atoms with E-state index in [0.717, 1.165) is 70.2 Å². The van der Waals surface area contributed by atoms with Crippen LogP contribution in [0.15, 0.2) is 18.2 Å². The van der Waals surface area contributed by atoms with Gasteiger partial charge in [-0.25, -0.2) is 8.78 Å². The number of benzene rings is 1. The lowest BCUT2D eigenvalue weighted by Crippen LogP contribution is -2.39. The van der Waals surface area contributed by atoms with Crippen LogP contribution in [0.3, 0.4) is 0 Å². The van der Waals surface area contributed by atoms with Crippen molar-refractivity contribution in [2.75, 3.05) is 13.1 Å². The zero-order valence-electron chi connectivity index (χ0n) is 14.8. The van der Waals surface area contributed by atoms with Gasteiger partial charge in [0.1, 0.15) is 11.6 Å². The van der Waals surface area contributed by atoms with Gasteiger partial charge in [-0.2, -0.15) is 0 Å². The second-order valence-electron chi connectivity index (χ2n) is 7.43. The molecule has 5 heteroatoms. The lowest BCUT2D eigenvalue weighted by atomic mass is 9.93. The summed E-state index contributed by atoms with van der Waals surface area (Å²) in [5.74, 6) is -0.198. The maximum absolute atomic E-state index is 14.0. The first kappa shape index (κ1) is 18.3. The van der Waals surface area contributed by atoms with Crippen molar-refractivity contribution in [2.24, 2.45) is 5.92 Å². The molecule has 3 rings (SSSR count). The van der Waals surface area contributed by atoms with E-state index in [9.17, 15) is 13.6 Å². The maximum atomic E-state index is 14.0. The SMILES string of the molecule is O=C(CCC1CCNCC1)N(Cc1cc(F)ccc1F)C1CCCC1. The minimum atomic E-state index is -0.454. The number of halogens is 2. The molecule has 1 aromatic rings. The normalized spacial score (nSPS) is 19.3. The Bertz CT molecular complexity index is 581. The second-order valence-corrected chi connectivity index (χ2v) is 7.43. The lowest BCUT2D eigenvalue weighted by Gasteiger charge is -2.30. The summed E-state index contributed by atoms with van der Waals surface area (Å²) in [7, 11) is 0. The largest absolute Gasteiger partial charge is 0.335 e. The molecule has 0 aromatic heterocycles. The van der Waals surface area contributed by atoms with E-state index in [1.54, 1.807) is 0 Å². The Morgan fingerprint density at radius 1 is 1.12 bits per heavy atom. The predicted octanol–water partition coefficient (Wildman–Crippen LogP) is 4.02. The van der Waals surface area contributed by atoms with E-state index >= 15 is 0 Å². The van der Waals surface area contributed by atoms with Crippen molar-refractivity contribution in [1.29, 1.82) is 0 Å². The van der Waals surface area contributed by atoms with Gasteiger partial charge in [-0.3, -0.25) is 4.79 Å². The third kappa shape index (κ3) is 5.00. The van der Waals surface area contributed by atoms with Crippen LogP contribution in [0.5, 0.6) is 0 Å². The third-order valence-corrected chi connectivity index (χ3v) is 5.66. The van der Waals surface area contributed by atoms with Gasteiger partial charge < -0.3 is 10.2 Å². The van der Waals surface area contributed by atoms with Crippen LogP contribution in [-0.4, -0.2) is 29.9 Å². The fraction of sp³-hybridized carbons (Fsp3) is 0.650. The van der Waals surface area contributed by atoms with Gasteiger partial charge in [0.05, 0.1) is 0 Å². The molecule has 1 aliphatic carbocycles.